The highest BCUT2D eigenvalue weighted by Crippen LogP contribution is 2.44. The maximum atomic E-state index is 13.0. The standard InChI is InChI=1S/C23H31N3O4S/c1-23(11-12-23)10-8-17-6-4-7-18(21(17)30-2)16-20-19(24-31(3,28)29)9-15-26(20)22(27)25-13-5-14-25/h4,6-7,19-20,24H,5,9,11-16H2,1-3H3. The van der Waals surface area contributed by atoms with Crippen molar-refractivity contribution in [2.75, 3.05) is 33.0 Å². The Morgan fingerprint density at radius 3 is 2.61 bits per heavy atom. The van der Waals surface area contributed by atoms with E-state index < -0.39 is 10.0 Å². The van der Waals surface area contributed by atoms with Crippen molar-refractivity contribution in [3.63, 3.8) is 0 Å². The van der Waals surface area contributed by atoms with Crippen molar-refractivity contribution in [2.24, 2.45) is 5.41 Å². The van der Waals surface area contributed by atoms with E-state index in [4.69, 9.17) is 4.74 Å². The molecule has 168 valence electrons. The fraction of sp³-hybridized carbons (Fsp3) is 0.609. The van der Waals surface area contributed by atoms with Gasteiger partial charge in [0.2, 0.25) is 10.0 Å². The summed E-state index contributed by atoms with van der Waals surface area (Å²) in [6.45, 7) is 4.22. The number of likely N-dealkylation sites (tertiary alicyclic amines) is 2. The molecule has 31 heavy (non-hydrogen) atoms. The van der Waals surface area contributed by atoms with Crippen LogP contribution >= 0.6 is 0 Å². The molecule has 3 aliphatic rings. The van der Waals surface area contributed by atoms with E-state index in [1.54, 1.807) is 7.11 Å². The van der Waals surface area contributed by atoms with Crippen molar-refractivity contribution >= 4 is 16.1 Å². The highest BCUT2D eigenvalue weighted by atomic mass is 32.2. The van der Waals surface area contributed by atoms with E-state index in [0.29, 0.717) is 25.1 Å². The molecule has 8 heteroatoms. The summed E-state index contributed by atoms with van der Waals surface area (Å²) in [6, 6.07) is 5.26. The number of nitrogens with zero attached hydrogens (tertiary/aromatic N) is 2. The lowest BCUT2D eigenvalue weighted by molar-refractivity contribution is 0.120. The fourth-order valence-electron chi connectivity index (χ4n) is 4.29. The van der Waals surface area contributed by atoms with Crippen LogP contribution in [0.15, 0.2) is 18.2 Å². The minimum Gasteiger partial charge on any atom is -0.495 e. The molecule has 2 saturated heterocycles. The van der Waals surface area contributed by atoms with E-state index in [1.165, 1.54) is 6.26 Å². The van der Waals surface area contributed by atoms with Gasteiger partial charge in [-0.25, -0.2) is 17.9 Å². The summed E-state index contributed by atoms with van der Waals surface area (Å²) < 4.78 is 32.4. The minimum absolute atomic E-state index is 0.00868. The molecular formula is C23H31N3O4S. The molecule has 0 aromatic heterocycles. The predicted octanol–water partition coefficient (Wildman–Crippen LogP) is 2.21. The molecule has 1 saturated carbocycles. The number of amides is 2. The van der Waals surface area contributed by atoms with Gasteiger partial charge >= 0.3 is 6.03 Å². The van der Waals surface area contributed by atoms with E-state index in [1.807, 2.05) is 28.0 Å². The number of methoxy groups -OCH3 is 1. The number of para-hydroxylation sites is 1. The van der Waals surface area contributed by atoms with Gasteiger partial charge < -0.3 is 14.5 Å². The fourth-order valence-corrected chi connectivity index (χ4v) is 5.11. The number of carbonyl (C=O) groups excluding carboxylic acids is 1. The number of ether oxygens (including phenoxy) is 1. The Morgan fingerprint density at radius 2 is 2.03 bits per heavy atom. The topological polar surface area (TPSA) is 79.0 Å². The summed E-state index contributed by atoms with van der Waals surface area (Å²) in [6.07, 6.45) is 5.52. The Hall–Kier alpha value is -2.24. The first-order chi connectivity index (χ1) is 14.7. The number of urea groups is 1. The molecule has 7 nitrogen and oxygen atoms in total. The molecule has 1 aliphatic carbocycles. The molecule has 2 atom stereocenters. The third-order valence-corrected chi connectivity index (χ3v) is 7.24. The largest absolute Gasteiger partial charge is 0.495 e. The minimum atomic E-state index is -3.39. The molecule has 0 radical (unpaired) electrons. The maximum Gasteiger partial charge on any atom is 0.320 e. The van der Waals surface area contributed by atoms with Crippen LogP contribution in [0.2, 0.25) is 0 Å². The number of carbonyl (C=O) groups is 1. The van der Waals surface area contributed by atoms with Gasteiger partial charge in [-0.05, 0) is 50.7 Å². The van der Waals surface area contributed by atoms with Gasteiger partial charge in [-0.2, -0.15) is 0 Å². The number of sulfonamides is 1. The lowest BCUT2D eigenvalue weighted by Crippen LogP contribution is -2.54. The summed E-state index contributed by atoms with van der Waals surface area (Å²) in [5.74, 6) is 7.33. The lowest BCUT2D eigenvalue weighted by Gasteiger charge is -2.38. The van der Waals surface area contributed by atoms with Crippen LogP contribution < -0.4 is 9.46 Å². The number of hydrogen-bond donors (Lipinski definition) is 1. The Morgan fingerprint density at radius 1 is 1.29 bits per heavy atom. The molecule has 2 aliphatic heterocycles. The molecule has 2 heterocycles. The van der Waals surface area contributed by atoms with Crippen LogP contribution in [0.4, 0.5) is 4.79 Å². The number of hydrogen-bond acceptors (Lipinski definition) is 4. The Kier molecular flexibility index (Phi) is 5.93. The van der Waals surface area contributed by atoms with E-state index >= 15 is 0 Å². The zero-order valence-electron chi connectivity index (χ0n) is 18.5. The molecule has 1 aromatic carbocycles. The first kappa shape index (κ1) is 22.0. The van der Waals surface area contributed by atoms with Crippen molar-refractivity contribution in [3.05, 3.63) is 29.3 Å². The van der Waals surface area contributed by atoms with Crippen LogP contribution in [-0.4, -0.2) is 69.3 Å². The van der Waals surface area contributed by atoms with E-state index in [9.17, 15) is 13.2 Å². The van der Waals surface area contributed by atoms with Crippen molar-refractivity contribution in [1.29, 1.82) is 0 Å². The Balaban J connectivity index is 1.62. The summed E-state index contributed by atoms with van der Waals surface area (Å²) >= 11 is 0. The zero-order chi connectivity index (χ0) is 22.2. The molecule has 1 aromatic rings. The molecule has 4 rings (SSSR count). The van der Waals surface area contributed by atoms with Crippen LogP contribution in [0.5, 0.6) is 5.75 Å². The monoisotopic (exact) mass is 445 g/mol. The lowest BCUT2D eigenvalue weighted by atomic mass is 9.97. The molecule has 1 N–H and O–H groups in total. The molecule has 0 bridgehead atoms. The maximum absolute atomic E-state index is 13.0. The summed E-state index contributed by atoms with van der Waals surface area (Å²) in [5.41, 5.74) is 1.88. The van der Waals surface area contributed by atoms with E-state index in [2.05, 4.69) is 23.5 Å². The van der Waals surface area contributed by atoms with Gasteiger partial charge in [0, 0.05) is 31.1 Å². The number of rotatable bonds is 5. The average molecular weight is 446 g/mol. The second-order valence-electron chi connectivity index (χ2n) is 9.18. The summed E-state index contributed by atoms with van der Waals surface area (Å²) in [7, 11) is -1.76. The highest BCUT2D eigenvalue weighted by Gasteiger charge is 2.41. The van der Waals surface area contributed by atoms with Crippen LogP contribution in [0.3, 0.4) is 0 Å². The normalized spacial score (nSPS) is 24.2. The molecule has 2 amide bonds. The zero-order valence-corrected chi connectivity index (χ0v) is 19.3. The van der Waals surface area contributed by atoms with E-state index in [-0.39, 0.29) is 23.5 Å². The SMILES string of the molecule is COc1c(C#CC2(C)CC2)cccc1CC1C(NS(C)(=O)=O)CCN1C(=O)N1CCC1. The predicted molar refractivity (Wildman–Crippen MR) is 119 cm³/mol. The third-order valence-electron chi connectivity index (χ3n) is 6.51. The second kappa shape index (κ2) is 8.36. The number of benzene rings is 1. The first-order valence-corrected chi connectivity index (χ1v) is 12.8. The molecule has 3 fully saturated rings. The van der Waals surface area contributed by atoms with E-state index in [0.717, 1.165) is 43.5 Å². The smallest absolute Gasteiger partial charge is 0.320 e. The van der Waals surface area contributed by atoms with Gasteiger partial charge in [0.05, 0.1) is 25.0 Å². The van der Waals surface area contributed by atoms with Crippen LogP contribution in [0.1, 0.15) is 43.7 Å². The average Bonchev–Trinajstić information content (AvgIpc) is 3.28. The molecular weight excluding hydrogens is 414 g/mol. The number of nitrogens with one attached hydrogen (secondary N) is 1. The third kappa shape index (κ3) is 4.99. The van der Waals surface area contributed by atoms with Crippen LogP contribution in [0, 0.1) is 17.3 Å². The van der Waals surface area contributed by atoms with Gasteiger partial charge in [-0.15, -0.1) is 0 Å². The first-order valence-electron chi connectivity index (χ1n) is 10.9. The van der Waals surface area contributed by atoms with Gasteiger partial charge in [0.25, 0.3) is 0 Å². The van der Waals surface area contributed by atoms with Crippen molar-refractivity contribution in [3.8, 4) is 17.6 Å². The summed E-state index contributed by atoms with van der Waals surface area (Å²) in [4.78, 5) is 16.7. The molecule has 2 unspecified atom stereocenters. The van der Waals surface area contributed by atoms with Gasteiger partial charge in [0.15, 0.2) is 0 Å². The van der Waals surface area contributed by atoms with Gasteiger partial charge in [0.1, 0.15) is 5.75 Å². The van der Waals surface area contributed by atoms with Crippen molar-refractivity contribution in [1.82, 2.24) is 14.5 Å². The summed E-state index contributed by atoms with van der Waals surface area (Å²) in [5, 5.41) is 0. The second-order valence-corrected chi connectivity index (χ2v) is 11.0. The van der Waals surface area contributed by atoms with Crippen LogP contribution in [0.25, 0.3) is 0 Å². The molecule has 0 spiro atoms. The van der Waals surface area contributed by atoms with Crippen molar-refractivity contribution < 1.29 is 17.9 Å². The highest BCUT2D eigenvalue weighted by molar-refractivity contribution is 7.88. The van der Waals surface area contributed by atoms with Gasteiger partial charge in [-0.3, -0.25) is 0 Å². The Bertz CT molecular complexity index is 1020. The van der Waals surface area contributed by atoms with Crippen molar-refractivity contribution in [2.45, 2.75) is 51.1 Å². The quantitative estimate of drug-likeness (QED) is 0.705. The van der Waals surface area contributed by atoms with Gasteiger partial charge in [-0.1, -0.05) is 24.0 Å². The Labute approximate surface area is 185 Å². The van der Waals surface area contributed by atoms with Crippen LogP contribution in [-0.2, 0) is 16.4 Å².